The molecule has 0 fully saturated rings. The van der Waals surface area contributed by atoms with Crippen LogP contribution in [0.2, 0.25) is 0 Å². The van der Waals surface area contributed by atoms with E-state index in [0.29, 0.717) is 17.1 Å². The van der Waals surface area contributed by atoms with Gasteiger partial charge in [-0.1, -0.05) is 12.1 Å². The summed E-state index contributed by atoms with van der Waals surface area (Å²) >= 11 is 0. The van der Waals surface area contributed by atoms with Crippen LogP contribution >= 0.6 is 0 Å². The van der Waals surface area contributed by atoms with Crippen LogP contribution in [0.5, 0.6) is 11.5 Å². The van der Waals surface area contributed by atoms with Crippen LogP contribution in [0.4, 0.5) is 13.2 Å². The number of halogens is 3. The standard InChI is InChI=1S/C12H15F3O4/c1-17-10-4-2-3-9(7-16)11(10)19-6-5-18-8-12(13,14)15/h2-4,16H,5-8H2,1H3. The molecule has 1 N–H and O–H groups in total. The number of para-hydroxylation sites is 1. The van der Waals surface area contributed by atoms with Crippen molar-refractivity contribution in [2.45, 2.75) is 12.8 Å². The van der Waals surface area contributed by atoms with E-state index < -0.39 is 12.8 Å². The molecule has 4 nitrogen and oxygen atoms in total. The lowest BCUT2D eigenvalue weighted by Crippen LogP contribution is -2.19. The molecule has 0 aliphatic heterocycles. The molecule has 0 aromatic heterocycles. The second-order valence-electron chi connectivity index (χ2n) is 3.62. The van der Waals surface area contributed by atoms with Crippen LogP contribution in [0, 0.1) is 0 Å². The maximum atomic E-state index is 11.8. The Morgan fingerprint density at radius 2 is 1.95 bits per heavy atom. The van der Waals surface area contributed by atoms with E-state index in [1.807, 2.05) is 0 Å². The Balaban J connectivity index is 2.48. The van der Waals surface area contributed by atoms with Crippen LogP contribution in [0.25, 0.3) is 0 Å². The van der Waals surface area contributed by atoms with Gasteiger partial charge in [-0.3, -0.25) is 0 Å². The third-order valence-electron chi connectivity index (χ3n) is 2.19. The van der Waals surface area contributed by atoms with E-state index in [2.05, 4.69) is 4.74 Å². The summed E-state index contributed by atoms with van der Waals surface area (Å²) in [5, 5.41) is 9.13. The highest BCUT2D eigenvalue weighted by atomic mass is 19.4. The Hall–Kier alpha value is -1.47. The Morgan fingerprint density at radius 1 is 1.21 bits per heavy atom. The van der Waals surface area contributed by atoms with Gasteiger partial charge in [-0.25, -0.2) is 0 Å². The summed E-state index contributed by atoms with van der Waals surface area (Å²) < 4.78 is 50.2. The molecule has 0 saturated carbocycles. The minimum absolute atomic E-state index is 0.0660. The molecule has 7 heteroatoms. The maximum Gasteiger partial charge on any atom is 0.411 e. The molecule has 1 aromatic carbocycles. The van der Waals surface area contributed by atoms with E-state index in [1.54, 1.807) is 18.2 Å². The van der Waals surface area contributed by atoms with Crippen molar-refractivity contribution in [3.63, 3.8) is 0 Å². The Bertz CT molecular complexity index is 371. The molecule has 1 aromatic rings. The summed E-state index contributed by atoms with van der Waals surface area (Å²) in [7, 11) is 1.43. The smallest absolute Gasteiger partial charge is 0.411 e. The first kappa shape index (κ1) is 15.6. The molecule has 0 radical (unpaired) electrons. The minimum atomic E-state index is -4.35. The second kappa shape index (κ2) is 7.20. The lowest BCUT2D eigenvalue weighted by molar-refractivity contribution is -0.175. The van der Waals surface area contributed by atoms with Gasteiger partial charge in [-0.15, -0.1) is 0 Å². The molecule has 108 valence electrons. The zero-order valence-corrected chi connectivity index (χ0v) is 10.4. The quantitative estimate of drug-likeness (QED) is 0.777. The summed E-state index contributed by atoms with van der Waals surface area (Å²) in [5.74, 6) is 0.713. The number of ether oxygens (including phenoxy) is 3. The van der Waals surface area contributed by atoms with Gasteiger partial charge in [0.25, 0.3) is 0 Å². The topological polar surface area (TPSA) is 47.9 Å². The largest absolute Gasteiger partial charge is 0.493 e. The molecule has 0 atom stereocenters. The molecular weight excluding hydrogens is 265 g/mol. The van der Waals surface area contributed by atoms with Crippen molar-refractivity contribution in [1.82, 2.24) is 0 Å². The lowest BCUT2D eigenvalue weighted by atomic mass is 10.2. The minimum Gasteiger partial charge on any atom is -0.493 e. The summed E-state index contributed by atoms with van der Waals surface area (Å²) in [5.41, 5.74) is 0.496. The average Bonchev–Trinajstić information content (AvgIpc) is 2.36. The Kier molecular flexibility index (Phi) is 5.91. The van der Waals surface area contributed by atoms with Crippen LogP contribution in [0.1, 0.15) is 5.56 Å². The molecule has 0 heterocycles. The number of rotatable bonds is 7. The molecule has 0 aliphatic carbocycles. The molecule has 0 unspecified atom stereocenters. The van der Waals surface area contributed by atoms with Crippen molar-refractivity contribution < 1.29 is 32.5 Å². The Morgan fingerprint density at radius 3 is 2.53 bits per heavy atom. The summed E-state index contributed by atoms with van der Waals surface area (Å²) in [6, 6.07) is 4.94. The molecular formula is C12H15F3O4. The second-order valence-corrected chi connectivity index (χ2v) is 3.62. The first-order chi connectivity index (χ1) is 8.98. The predicted octanol–water partition coefficient (Wildman–Crippen LogP) is 2.15. The highest BCUT2D eigenvalue weighted by molar-refractivity contribution is 5.46. The fraction of sp³-hybridized carbons (Fsp3) is 0.500. The van der Waals surface area contributed by atoms with E-state index in [-0.39, 0.29) is 19.8 Å². The normalized spacial score (nSPS) is 11.4. The van der Waals surface area contributed by atoms with Crippen LogP contribution in [0.3, 0.4) is 0 Å². The summed E-state index contributed by atoms with van der Waals surface area (Å²) in [4.78, 5) is 0. The fourth-order valence-corrected chi connectivity index (χ4v) is 1.40. The van der Waals surface area contributed by atoms with Gasteiger partial charge >= 0.3 is 6.18 Å². The maximum absolute atomic E-state index is 11.8. The summed E-state index contributed by atoms with van der Waals surface area (Å²) in [6.45, 7) is -1.84. The SMILES string of the molecule is COc1cccc(CO)c1OCCOCC(F)(F)F. The number of methoxy groups -OCH3 is 1. The van der Waals surface area contributed by atoms with Crippen molar-refractivity contribution in [2.24, 2.45) is 0 Å². The van der Waals surface area contributed by atoms with E-state index >= 15 is 0 Å². The van der Waals surface area contributed by atoms with Gasteiger partial charge in [0.2, 0.25) is 0 Å². The Labute approximate surface area is 108 Å². The highest BCUT2D eigenvalue weighted by Crippen LogP contribution is 2.30. The van der Waals surface area contributed by atoms with Crippen molar-refractivity contribution in [3.8, 4) is 11.5 Å². The molecule has 0 bridgehead atoms. The van der Waals surface area contributed by atoms with Gasteiger partial charge in [0.1, 0.15) is 13.2 Å². The van der Waals surface area contributed by atoms with Gasteiger partial charge in [0.15, 0.2) is 11.5 Å². The van der Waals surface area contributed by atoms with Crippen LogP contribution in [0.15, 0.2) is 18.2 Å². The van der Waals surface area contributed by atoms with Crippen molar-refractivity contribution >= 4 is 0 Å². The molecule has 0 saturated heterocycles. The number of benzene rings is 1. The molecule has 1 rings (SSSR count). The van der Waals surface area contributed by atoms with Gasteiger partial charge in [-0.2, -0.15) is 13.2 Å². The van der Waals surface area contributed by atoms with Crippen molar-refractivity contribution in [3.05, 3.63) is 23.8 Å². The lowest BCUT2D eigenvalue weighted by Gasteiger charge is -2.14. The third-order valence-corrected chi connectivity index (χ3v) is 2.19. The predicted molar refractivity (Wildman–Crippen MR) is 61.3 cm³/mol. The van der Waals surface area contributed by atoms with Crippen molar-refractivity contribution in [2.75, 3.05) is 26.9 Å². The monoisotopic (exact) mass is 280 g/mol. The zero-order valence-electron chi connectivity index (χ0n) is 10.4. The highest BCUT2D eigenvalue weighted by Gasteiger charge is 2.27. The van der Waals surface area contributed by atoms with E-state index in [1.165, 1.54) is 7.11 Å². The fourth-order valence-electron chi connectivity index (χ4n) is 1.40. The first-order valence-corrected chi connectivity index (χ1v) is 5.52. The number of alkyl halides is 3. The van der Waals surface area contributed by atoms with E-state index in [9.17, 15) is 13.2 Å². The third kappa shape index (κ3) is 5.35. The molecule has 0 aliphatic rings. The van der Waals surface area contributed by atoms with E-state index in [4.69, 9.17) is 14.6 Å². The number of hydrogen-bond acceptors (Lipinski definition) is 4. The first-order valence-electron chi connectivity index (χ1n) is 5.52. The summed E-state index contributed by atoms with van der Waals surface area (Å²) in [6.07, 6.45) is -4.35. The van der Waals surface area contributed by atoms with Crippen molar-refractivity contribution in [1.29, 1.82) is 0 Å². The van der Waals surface area contributed by atoms with Gasteiger partial charge in [-0.05, 0) is 6.07 Å². The number of aliphatic hydroxyl groups is 1. The molecule has 19 heavy (non-hydrogen) atoms. The number of hydrogen-bond donors (Lipinski definition) is 1. The van der Waals surface area contributed by atoms with Crippen LogP contribution in [-0.2, 0) is 11.3 Å². The van der Waals surface area contributed by atoms with Crippen LogP contribution < -0.4 is 9.47 Å². The zero-order chi connectivity index (χ0) is 14.3. The van der Waals surface area contributed by atoms with Gasteiger partial charge < -0.3 is 19.3 Å². The average molecular weight is 280 g/mol. The molecule has 0 spiro atoms. The van der Waals surface area contributed by atoms with Gasteiger partial charge in [0.05, 0.1) is 20.3 Å². The molecule has 0 amide bonds. The number of aliphatic hydroxyl groups excluding tert-OH is 1. The van der Waals surface area contributed by atoms with Crippen LogP contribution in [-0.4, -0.2) is 38.2 Å². The van der Waals surface area contributed by atoms with E-state index in [0.717, 1.165) is 0 Å². The van der Waals surface area contributed by atoms with Gasteiger partial charge in [0, 0.05) is 5.56 Å².